The number of carbonyl (C=O) groups is 1. The summed E-state index contributed by atoms with van der Waals surface area (Å²) in [7, 11) is 0. The monoisotopic (exact) mass is 377 g/mol. The fourth-order valence-corrected chi connectivity index (χ4v) is 3.01. The first kappa shape index (κ1) is 21.0. The van der Waals surface area contributed by atoms with Gasteiger partial charge in [0.1, 0.15) is 17.4 Å². The molecule has 2 N–H and O–H groups in total. The van der Waals surface area contributed by atoms with Crippen molar-refractivity contribution in [2.45, 2.75) is 40.7 Å². The first-order valence-corrected chi connectivity index (χ1v) is 9.33. The first-order valence-electron chi connectivity index (χ1n) is 9.33. The van der Waals surface area contributed by atoms with E-state index in [1.807, 2.05) is 71.0 Å². The maximum absolute atomic E-state index is 12.6. The van der Waals surface area contributed by atoms with Gasteiger partial charge in [0, 0.05) is 17.5 Å². The Hall–Kier alpha value is -3.26. The summed E-state index contributed by atoms with van der Waals surface area (Å²) in [4.78, 5) is 12.6. The maximum atomic E-state index is 12.6. The highest BCUT2D eigenvalue weighted by atomic mass is 16.5. The maximum Gasteiger partial charge on any atom is 0.263 e. The Labute approximate surface area is 167 Å². The number of benzene rings is 2. The molecular formula is C23H27N3O2. The molecular weight excluding hydrogens is 350 g/mol. The summed E-state index contributed by atoms with van der Waals surface area (Å²) >= 11 is 0. The van der Waals surface area contributed by atoms with Gasteiger partial charge in [0.05, 0.1) is 12.6 Å². The third-order valence-corrected chi connectivity index (χ3v) is 4.25. The van der Waals surface area contributed by atoms with Crippen molar-refractivity contribution in [1.82, 2.24) is 5.32 Å². The number of hydrogen-bond donors (Lipinski definition) is 2. The minimum absolute atomic E-state index is 0.0108. The number of nitrogens with zero attached hydrogens (tertiary/aromatic N) is 1. The van der Waals surface area contributed by atoms with Gasteiger partial charge in [0.15, 0.2) is 0 Å². The molecule has 0 spiro atoms. The fourth-order valence-electron chi connectivity index (χ4n) is 3.01. The van der Waals surface area contributed by atoms with Gasteiger partial charge in [-0.15, -0.1) is 0 Å². The number of nitriles is 1. The SMILES string of the molecule is CCOc1ccc(C)cc1C(C)NC(=O)/C(C#N)=C\Nc1cc(C)cc(C)c1. The first-order chi connectivity index (χ1) is 13.3. The molecule has 1 atom stereocenters. The zero-order valence-corrected chi connectivity index (χ0v) is 17.1. The van der Waals surface area contributed by atoms with E-state index in [2.05, 4.69) is 16.7 Å². The van der Waals surface area contributed by atoms with Crippen LogP contribution in [0.5, 0.6) is 5.75 Å². The molecule has 28 heavy (non-hydrogen) atoms. The highest BCUT2D eigenvalue weighted by Gasteiger charge is 2.17. The fraction of sp³-hybridized carbons (Fsp3) is 0.304. The van der Waals surface area contributed by atoms with Crippen molar-refractivity contribution in [3.8, 4) is 11.8 Å². The van der Waals surface area contributed by atoms with Gasteiger partial charge in [0.2, 0.25) is 0 Å². The largest absolute Gasteiger partial charge is 0.494 e. The average molecular weight is 377 g/mol. The van der Waals surface area contributed by atoms with Crippen LogP contribution in [0.25, 0.3) is 0 Å². The molecule has 0 saturated heterocycles. The van der Waals surface area contributed by atoms with E-state index >= 15 is 0 Å². The van der Waals surface area contributed by atoms with Gasteiger partial charge in [-0.1, -0.05) is 23.8 Å². The summed E-state index contributed by atoms with van der Waals surface area (Å²) in [5.41, 5.74) is 5.02. The van der Waals surface area contributed by atoms with E-state index in [4.69, 9.17) is 4.74 Å². The van der Waals surface area contributed by atoms with Crippen molar-refractivity contribution in [2.75, 3.05) is 11.9 Å². The van der Waals surface area contributed by atoms with E-state index < -0.39 is 5.91 Å². The van der Waals surface area contributed by atoms with Crippen molar-refractivity contribution >= 4 is 11.6 Å². The number of aryl methyl sites for hydroxylation is 3. The van der Waals surface area contributed by atoms with Crippen molar-refractivity contribution in [2.24, 2.45) is 0 Å². The topological polar surface area (TPSA) is 74.1 Å². The Morgan fingerprint density at radius 3 is 2.43 bits per heavy atom. The Kier molecular flexibility index (Phi) is 7.22. The minimum Gasteiger partial charge on any atom is -0.494 e. The molecule has 0 aliphatic carbocycles. The van der Waals surface area contributed by atoms with Gasteiger partial charge in [-0.05, 0) is 63.9 Å². The van der Waals surface area contributed by atoms with E-state index in [0.717, 1.165) is 33.7 Å². The summed E-state index contributed by atoms with van der Waals surface area (Å²) in [5.74, 6) is 0.299. The molecule has 0 aromatic heterocycles. The van der Waals surface area contributed by atoms with E-state index in [-0.39, 0.29) is 11.6 Å². The van der Waals surface area contributed by atoms with Gasteiger partial charge in [0.25, 0.3) is 5.91 Å². The molecule has 0 radical (unpaired) electrons. The second kappa shape index (κ2) is 9.61. The third kappa shape index (κ3) is 5.62. The number of rotatable bonds is 7. The van der Waals surface area contributed by atoms with Crippen LogP contribution in [0.1, 0.15) is 42.1 Å². The lowest BCUT2D eigenvalue weighted by atomic mass is 10.0. The second-order valence-corrected chi connectivity index (χ2v) is 6.86. The molecule has 0 aliphatic rings. The number of amides is 1. The summed E-state index contributed by atoms with van der Waals surface area (Å²) < 4.78 is 5.67. The number of hydrogen-bond acceptors (Lipinski definition) is 4. The number of carbonyl (C=O) groups excluding carboxylic acids is 1. The number of anilines is 1. The van der Waals surface area contributed by atoms with Crippen molar-refractivity contribution in [3.05, 3.63) is 70.4 Å². The van der Waals surface area contributed by atoms with Crippen LogP contribution in [0, 0.1) is 32.1 Å². The van der Waals surface area contributed by atoms with Gasteiger partial charge < -0.3 is 15.4 Å². The molecule has 2 aromatic rings. The molecule has 0 bridgehead atoms. The second-order valence-electron chi connectivity index (χ2n) is 6.86. The van der Waals surface area contributed by atoms with Crippen LogP contribution in [0.3, 0.4) is 0 Å². The molecule has 2 rings (SSSR count). The summed E-state index contributed by atoms with van der Waals surface area (Å²) in [6, 6.07) is 13.5. The summed E-state index contributed by atoms with van der Waals surface area (Å²) in [6.45, 7) is 10.3. The van der Waals surface area contributed by atoms with E-state index in [9.17, 15) is 10.1 Å². The normalized spacial score (nSPS) is 12.1. The van der Waals surface area contributed by atoms with Gasteiger partial charge >= 0.3 is 0 Å². The highest BCUT2D eigenvalue weighted by Crippen LogP contribution is 2.26. The lowest BCUT2D eigenvalue weighted by molar-refractivity contribution is -0.117. The molecule has 2 aromatic carbocycles. The molecule has 0 aliphatic heterocycles. The molecule has 146 valence electrons. The van der Waals surface area contributed by atoms with Crippen LogP contribution in [-0.4, -0.2) is 12.5 Å². The standard InChI is InChI=1S/C23H27N3O2/c1-6-28-22-8-7-15(2)12-21(22)18(5)26-23(27)19(13-24)14-25-20-10-16(3)9-17(4)11-20/h7-12,14,18,25H,6H2,1-5H3,(H,26,27)/b19-14-. The molecule has 0 fully saturated rings. The zero-order valence-electron chi connectivity index (χ0n) is 17.1. The van der Waals surface area contributed by atoms with Gasteiger partial charge in [-0.2, -0.15) is 5.26 Å². The quantitative estimate of drug-likeness (QED) is 0.541. The Balaban J connectivity index is 2.15. The lowest BCUT2D eigenvalue weighted by Crippen LogP contribution is -2.28. The molecule has 5 heteroatoms. The predicted molar refractivity (Wildman–Crippen MR) is 112 cm³/mol. The number of ether oxygens (including phenoxy) is 1. The zero-order chi connectivity index (χ0) is 20.7. The highest BCUT2D eigenvalue weighted by molar-refractivity contribution is 5.97. The van der Waals surface area contributed by atoms with E-state index in [0.29, 0.717) is 6.61 Å². The smallest absolute Gasteiger partial charge is 0.263 e. The van der Waals surface area contributed by atoms with Crippen LogP contribution in [-0.2, 0) is 4.79 Å². The van der Waals surface area contributed by atoms with Crippen LogP contribution in [0.2, 0.25) is 0 Å². The Morgan fingerprint density at radius 1 is 1.14 bits per heavy atom. The van der Waals surface area contributed by atoms with Crippen LogP contribution < -0.4 is 15.4 Å². The van der Waals surface area contributed by atoms with E-state index in [1.54, 1.807) is 0 Å². The summed E-state index contributed by atoms with van der Waals surface area (Å²) in [5, 5.41) is 15.3. The molecule has 0 heterocycles. The summed E-state index contributed by atoms with van der Waals surface area (Å²) in [6.07, 6.45) is 1.44. The van der Waals surface area contributed by atoms with Crippen LogP contribution in [0.15, 0.2) is 48.2 Å². The third-order valence-electron chi connectivity index (χ3n) is 4.25. The Morgan fingerprint density at radius 2 is 1.82 bits per heavy atom. The van der Waals surface area contributed by atoms with E-state index in [1.165, 1.54) is 6.20 Å². The van der Waals surface area contributed by atoms with Crippen molar-refractivity contribution < 1.29 is 9.53 Å². The van der Waals surface area contributed by atoms with Crippen molar-refractivity contribution in [1.29, 1.82) is 5.26 Å². The minimum atomic E-state index is -0.434. The lowest BCUT2D eigenvalue weighted by Gasteiger charge is -2.18. The molecule has 1 amide bonds. The predicted octanol–water partition coefficient (Wildman–Crippen LogP) is 4.71. The Bertz CT molecular complexity index is 906. The van der Waals surface area contributed by atoms with Gasteiger partial charge in [-0.3, -0.25) is 4.79 Å². The average Bonchev–Trinajstić information content (AvgIpc) is 2.63. The van der Waals surface area contributed by atoms with Crippen LogP contribution >= 0.6 is 0 Å². The van der Waals surface area contributed by atoms with Crippen molar-refractivity contribution in [3.63, 3.8) is 0 Å². The van der Waals surface area contributed by atoms with Crippen LogP contribution in [0.4, 0.5) is 5.69 Å². The number of nitrogens with one attached hydrogen (secondary N) is 2. The molecule has 0 saturated carbocycles. The molecule has 5 nitrogen and oxygen atoms in total. The molecule has 1 unspecified atom stereocenters. The van der Waals surface area contributed by atoms with Gasteiger partial charge in [-0.25, -0.2) is 0 Å².